The number of nitrogens with two attached hydrogens (primary N) is 1. The number of ether oxygens (including phenoxy) is 1. The van der Waals surface area contributed by atoms with Gasteiger partial charge in [-0.1, -0.05) is 49.3 Å². The zero-order valence-electron chi connectivity index (χ0n) is 24.7. The van der Waals surface area contributed by atoms with Crippen LogP contribution in [0.1, 0.15) is 62.5 Å². The number of benzene rings is 1. The zero-order chi connectivity index (χ0) is 30.9. The van der Waals surface area contributed by atoms with Gasteiger partial charge in [-0.05, 0) is 42.7 Å². The molecule has 12 nitrogen and oxygen atoms in total. The second kappa shape index (κ2) is 12.4. The third-order valence-electron chi connectivity index (χ3n) is 9.13. The Morgan fingerprint density at radius 2 is 1.79 bits per heavy atom. The van der Waals surface area contributed by atoms with Crippen molar-refractivity contribution >= 4 is 33.9 Å². The lowest BCUT2D eigenvalue weighted by Gasteiger charge is -2.27. The number of allylic oxidation sites excluding steroid dienone is 2. The van der Waals surface area contributed by atoms with Crippen LogP contribution in [0, 0.1) is 11.3 Å². The first-order valence-electron chi connectivity index (χ1n) is 14.9. The molecule has 1 aliphatic carbocycles. The summed E-state index contributed by atoms with van der Waals surface area (Å²) in [4.78, 5) is 56.9. The molecule has 0 spiro atoms. The molecule has 0 aromatic heterocycles. The van der Waals surface area contributed by atoms with Gasteiger partial charge in [0, 0.05) is 40.0 Å². The van der Waals surface area contributed by atoms with Crippen LogP contribution in [0.4, 0.5) is 4.79 Å². The smallest absolute Gasteiger partial charge is 0.410 e. The van der Waals surface area contributed by atoms with Crippen LogP contribution in [0.15, 0.2) is 36.4 Å². The van der Waals surface area contributed by atoms with Crippen molar-refractivity contribution in [1.82, 2.24) is 18.8 Å². The predicted octanol–water partition coefficient (Wildman–Crippen LogP) is 1.84. The minimum absolute atomic E-state index is 0.0208. The van der Waals surface area contributed by atoms with E-state index in [1.165, 1.54) is 19.0 Å². The third-order valence-corrected chi connectivity index (χ3v) is 10.5. The van der Waals surface area contributed by atoms with Crippen molar-refractivity contribution in [3.05, 3.63) is 47.5 Å². The monoisotopic (exact) mass is 615 g/mol. The van der Waals surface area contributed by atoms with Gasteiger partial charge in [0.05, 0.1) is 24.0 Å². The molecule has 5 atom stereocenters. The lowest BCUT2D eigenvalue weighted by molar-refractivity contribution is -0.140. The molecule has 3 amide bonds. The number of nitrogens with one attached hydrogen (secondary N) is 1. The van der Waals surface area contributed by atoms with Crippen molar-refractivity contribution < 1.29 is 32.3 Å². The Morgan fingerprint density at radius 1 is 1.09 bits per heavy atom. The molecule has 0 unspecified atom stereocenters. The highest BCUT2D eigenvalue weighted by Gasteiger charge is 2.61. The van der Waals surface area contributed by atoms with Crippen LogP contribution in [0.2, 0.25) is 0 Å². The maximum Gasteiger partial charge on any atom is 0.410 e. The zero-order valence-corrected chi connectivity index (χ0v) is 25.6. The van der Waals surface area contributed by atoms with Crippen LogP contribution in [0.5, 0.6) is 0 Å². The quantitative estimate of drug-likeness (QED) is 0.486. The highest BCUT2D eigenvalue weighted by molar-refractivity contribution is 7.87. The lowest BCUT2D eigenvalue weighted by Crippen LogP contribution is -2.50. The molecule has 1 aromatic carbocycles. The molecule has 3 aliphatic heterocycles. The topological polar surface area (TPSA) is 159 Å². The summed E-state index contributed by atoms with van der Waals surface area (Å²) in [5.74, 6) is -1.81. The van der Waals surface area contributed by atoms with Crippen LogP contribution in [-0.4, -0.2) is 85.0 Å². The Labute approximate surface area is 252 Å². The third kappa shape index (κ3) is 6.63. The van der Waals surface area contributed by atoms with E-state index in [1.807, 2.05) is 36.4 Å². The molecular formula is C30H41N5O7S. The number of nitrogens with zero attached hydrogens (tertiary/aromatic N) is 3. The standard InChI is InChI=1S/C30H41N5O7S/c1-33(2)43(40,41)32-28(38)30-15-22(30)12-6-4-3-5-7-13-24(31)27(37)35-19-23(14-25(35)26(36)16-30)42-29(39)34-17-20-10-8-9-11-21(20)18-34/h6,8-12,22-25H,3-5,7,13-19,31H2,1-2H3,(H,32,38)/b12-6-/t22-,23-,24+,25+,30-/m1/s1. The van der Waals surface area contributed by atoms with Gasteiger partial charge >= 0.3 is 16.3 Å². The summed E-state index contributed by atoms with van der Waals surface area (Å²) in [5, 5.41) is 0. The van der Waals surface area contributed by atoms with Gasteiger partial charge in [-0.25, -0.2) is 9.52 Å². The van der Waals surface area contributed by atoms with Crippen LogP contribution in [-0.2, 0) is 42.4 Å². The molecule has 234 valence electrons. The Hall–Kier alpha value is -3.29. The van der Waals surface area contributed by atoms with E-state index in [-0.39, 0.29) is 37.0 Å². The van der Waals surface area contributed by atoms with E-state index >= 15 is 0 Å². The van der Waals surface area contributed by atoms with Crippen molar-refractivity contribution in [2.45, 2.75) is 82.6 Å². The van der Waals surface area contributed by atoms with E-state index in [2.05, 4.69) is 4.72 Å². The van der Waals surface area contributed by atoms with Gasteiger partial charge in [0.15, 0.2) is 5.78 Å². The van der Waals surface area contributed by atoms with E-state index < -0.39 is 45.8 Å². The number of Topliss-reactive ketones (excluding diaryl/α,β-unsaturated/α-hetero) is 1. The summed E-state index contributed by atoms with van der Waals surface area (Å²) in [7, 11) is -1.45. The summed E-state index contributed by atoms with van der Waals surface area (Å²) >= 11 is 0. The highest BCUT2D eigenvalue weighted by atomic mass is 32.2. The van der Waals surface area contributed by atoms with Gasteiger partial charge in [-0.3, -0.25) is 19.3 Å². The molecule has 13 heteroatoms. The lowest BCUT2D eigenvalue weighted by atomic mass is 9.91. The Balaban J connectivity index is 1.35. The Morgan fingerprint density at radius 3 is 2.47 bits per heavy atom. The molecular weight excluding hydrogens is 574 g/mol. The van der Waals surface area contributed by atoms with Gasteiger partial charge in [0.2, 0.25) is 11.8 Å². The first-order chi connectivity index (χ1) is 20.4. The fourth-order valence-corrected chi connectivity index (χ4v) is 7.00. The van der Waals surface area contributed by atoms with E-state index in [1.54, 1.807) is 4.90 Å². The molecule has 1 aromatic rings. The van der Waals surface area contributed by atoms with E-state index in [0.717, 1.165) is 41.1 Å². The number of hydrogen-bond donors (Lipinski definition) is 2. The summed E-state index contributed by atoms with van der Waals surface area (Å²) in [6, 6.07) is 6.00. The van der Waals surface area contributed by atoms with E-state index in [9.17, 15) is 27.6 Å². The minimum atomic E-state index is -4.07. The number of fused-ring (bicyclic) bond motifs is 3. The average molecular weight is 616 g/mol. The van der Waals surface area contributed by atoms with E-state index in [4.69, 9.17) is 10.5 Å². The SMILES string of the molecule is CN(C)S(=O)(=O)NC(=O)[C@]12CC(=O)[C@@H]3C[C@@H](OC(=O)N4Cc5ccccc5C4)CN3C(=O)[C@@H](N)CCCCC/C=C\[C@@H]1C2. The van der Waals surface area contributed by atoms with Crippen LogP contribution >= 0.6 is 0 Å². The number of rotatable bonds is 4. The minimum Gasteiger partial charge on any atom is -0.444 e. The van der Waals surface area contributed by atoms with Crippen molar-refractivity contribution in [3.8, 4) is 0 Å². The largest absolute Gasteiger partial charge is 0.444 e. The fraction of sp³-hybridized carbons (Fsp3) is 0.600. The summed E-state index contributed by atoms with van der Waals surface area (Å²) in [5.41, 5.74) is 7.14. The first-order valence-corrected chi connectivity index (χ1v) is 16.4. The van der Waals surface area contributed by atoms with Gasteiger partial charge in [-0.2, -0.15) is 12.7 Å². The second-order valence-corrected chi connectivity index (χ2v) is 14.3. The molecule has 3 N–H and O–H groups in total. The molecule has 43 heavy (non-hydrogen) atoms. The Bertz CT molecular complexity index is 1390. The second-order valence-electron chi connectivity index (χ2n) is 12.4. The number of hydrogen-bond acceptors (Lipinski definition) is 8. The van der Waals surface area contributed by atoms with Crippen molar-refractivity contribution in [2.75, 3.05) is 20.6 Å². The molecule has 0 bridgehead atoms. The van der Waals surface area contributed by atoms with Gasteiger partial charge < -0.3 is 15.4 Å². The maximum atomic E-state index is 13.9. The number of ketones is 1. The molecule has 1 saturated carbocycles. The number of amides is 3. The van der Waals surface area contributed by atoms with Crippen LogP contribution in [0.25, 0.3) is 0 Å². The maximum absolute atomic E-state index is 13.9. The molecule has 4 aliphatic rings. The van der Waals surface area contributed by atoms with Gasteiger partial charge in [0.25, 0.3) is 0 Å². The Kier molecular flexibility index (Phi) is 8.96. The molecule has 3 heterocycles. The molecule has 0 radical (unpaired) electrons. The van der Waals surface area contributed by atoms with Crippen molar-refractivity contribution in [2.24, 2.45) is 17.1 Å². The number of carbonyl (C=O) groups excluding carboxylic acids is 4. The molecule has 5 rings (SSSR count). The van der Waals surface area contributed by atoms with Crippen LogP contribution < -0.4 is 10.5 Å². The summed E-state index contributed by atoms with van der Waals surface area (Å²) in [6.07, 6.45) is 6.50. The van der Waals surface area contributed by atoms with Crippen LogP contribution in [0.3, 0.4) is 0 Å². The first kappa shape index (κ1) is 31.1. The van der Waals surface area contributed by atoms with E-state index in [0.29, 0.717) is 25.9 Å². The number of carbonyl (C=O) groups is 4. The van der Waals surface area contributed by atoms with Crippen molar-refractivity contribution in [1.29, 1.82) is 0 Å². The van der Waals surface area contributed by atoms with Gasteiger partial charge in [-0.15, -0.1) is 0 Å². The summed E-state index contributed by atoms with van der Waals surface area (Å²) in [6.45, 7) is 0.854. The normalized spacial score (nSPS) is 30.5. The molecule has 1 saturated heterocycles. The highest BCUT2D eigenvalue weighted by Crippen LogP contribution is 2.57. The van der Waals surface area contributed by atoms with Gasteiger partial charge in [0.1, 0.15) is 6.10 Å². The predicted molar refractivity (Wildman–Crippen MR) is 157 cm³/mol. The summed E-state index contributed by atoms with van der Waals surface area (Å²) < 4.78 is 33.8. The molecule has 2 fully saturated rings. The fourth-order valence-electron chi connectivity index (χ4n) is 6.38. The van der Waals surface area contributed by atoms with Crippen molar-refractivity contribution in [3.63, 3.8) is 0 Å². The average Bonchev–Trinajstić information content (AvgIpc) is 3.28.